The van der Waals surface area contributed by atoms with Gasteiger partial charge < -0.3 is 9.84 Å². The second kappa shape index (κ2) is 9.71. The van der Waals surface area contributed by atoms with Crippen molar-refractivity contribution >= 4 is 16.0 Å². The van der Waals surface area contributed by atoms with Crippen LogP contribution in [0.1, 0.15) is 35.6 Å². The monoisotopic (exact) mass is 505 g/mol. The summed E-state index contributed by atoms with van der Waals surface area (Å²) in [7, 11) is -3.94. The number of nitrogens with one attached hydrogen (secondary N) is 1. The van der Waals surface area contributed by atoms with Crippen LogP contribution in [-0.4, -0.2) is 26.1 Å². The highest BCUT2D eigenvalue weighted by Gasteiger charge is 2.31. The van der Waals surface area contributed by atoms with E-state index < -0.39 is 40.4 Å². The molecular weight excluding hydrogens is 483 g/mol. The second-order valence-electron chi connectivity index (χ2n) is 8.18. The van der Waals surface area contributed by atoms with Gasteiger partial charge >= 0.3 is 12.1 Å². The van der Waals surface area contributed by atoms with Crippen molar-refractivity contribution in [3.63, 3.8) is 0 Å². The molecule has 35 heavy (non-hydrogen) atoms. The molecule has 184 valence electrons. The fourth-order valence-electron chi connectivity index (χ4n) is 4.17. The molecule has 3 aromatic rings. The molecule has 0 bridgehead atoms. The predicted octanol–water partition coefficient (Wildman–Crippen LogP) is 5.19. The van der Waals surface area contributed by atoms with Crippen molar-refractivity contribution in [3.8, 4) is 16.9 Å². The van der Waals surface area contributed by atoms with Crippen LogP contribution in [0.2, 0.25) is 0 Å². The molecule has 1 atom stereocenters. The van der Waals surface area contributed by atoms with Crippen LogP contribution in [0.4, 0.5) is 13.2 Å². The van der Waals surface area contributed by atoms with Crippen LogP contribution < -0.4 is 9.46 Å². The average Bonchev–Trinajstić information content (AvgIpc) is 2.82. The van der Waals surface area contributed by atoms with Gasteiger partial charge in [0.2, 0.25) is 10.0 Å². The lowest BCUT2D eigenvalue weighted by molar-refractivity contribution is -0.139. The van der Waals surface area contributed by atoms with Crippen LogP contribution in [0.25, 0.3) is 11.1 Å². The number of carbonyl (C=O) groups is 1. The Balaban J connectivity index is 1.55. The third kappa shape index (κ3) is 5.66. The van der Waals surface area contributed by atoms with E-state index in [-0.39, 0.29) is 4.90 Å². The molecule has 1 unspecified atom stereocenters. The molecule has 0 heterocycles. The van der Waals surface area contributed by atoms with Crippen LogP contribution in [0.5, 0.6) is 5.75 Å². The van der Waals surface area contributed by atoms with Gasteiger partial charge in [-0.1, -0.05) is 36.4 Å². The highest BCUT2D eigenvalue weighted by Crippen LogP contribution is 2.37. The molecule has 10 heteroatoms. The molecule has 0 aliphatic heterocycles. The van der Waals surface area contributed by atoms with E-state index >= 15 is 0 Å². The maximum absolute atomic E-state index is 13.1. The van der Waals surface area contributed by atoms with Crippen molar-refractivity contribution in [2.24, 2.45) is 0 Å². The summed E-state index contributed by atoms with van der Waals surface area (Å²) in [5, 5.41) is 8.88. The van der Waals surface area contributed by atoms with Crippen molar-refractivity contribution in [2.75, 3.05) is 6.61 Å². The summed E-state index contributed by atoms with van der Waals surface area (Å²) in [6.07, 6.45) is -2.61. The van der Waals surface area contributed by atoms with Crippen molar-refractivity contribution < 1.29 is 36.2 Å². The number of halogens is 3. The molecule has 0 saturated carbocycles. The summed E-state index contributed by atoms with van der Waals surface area (Å²) in [6.45, 7) is -0.495. The minimum atomic E-state index is -4.47. The topological polar surface area (TPSA) is 92.7 Å². The number of carboxylic acid groups (broad SMARTS) is 1. The quantitative estimate of drug-likeness (QED) is 0.461. The van der Waals surface area contributed by atoms with E-state index in [0.717, 1.165) is 23.3 Å². The van der Waals surface area contributed by atoms with Gasteiger partial charge in [0.05, 0.1) is 10.5 Å². The van der Waals surface area contributed by atoms with Gasteiger partial charge in [0.1, 0.15) is 5.75 Å². The number of hydrogen-bond acceptors (Lipinski definition) is 4. The number of sulfonamides is 1. The number of ether oxygens (including phenoxy) is 1. The molecule has 1 aliphatic carbocycles. The Morgan fingerprint density at radius 2 is 1.74 bits per heavy atom. The van der Waals surface area contributed by atoms with Crippen LogP contribution in [-0.2, 0) is 27.4 Å². The first-order valence-corrected chi connectivity index (χ1v) is 12.3. The molecule has 1 aliphatic rings. The van der Waals surface area contributed by atoms with Crippen molar-refractivity contribution in [2.45, 2.75) is 36.4 Å². The smallest absolute Gasteiger partial charge is 0.416 e. The molecule has 6 nitrogen and oxygen atoms in total. The molecule has 0 aromatic heterocycles. The number of carboxylic acids is 1. The zero-order valence-electron chi connectivity index (χ0n) is 18.4. The van der Waals surface area contributed by atoms with E-state index in [2.05, 4.69) is 4.72 Å². The van der Waals surface area contributed by atoms with Gasteiger partial charge in [-0.25, -0.2) is 17.9 Å². The minimum absolute atomic E-state index is 0.0152. The fraction of sp³-hybridized carbons (Fsp3) is 0.240. The Labute approximate surface area is 200 Å². The van der Waals surface area contributed by atoms with Gasteiger partial charge in [0.25, 0.3) is 0 Å². The van der Waals surface area contributed by atoms with Gasteiger partial charge in [0.15, 0.2) is 6.61 Å². The SMILES string of the molecule is O=C(O)COc1cccc2c1CCCC2NS(=O)(=O)c1ccc(-c2cccc(C(F)(F)F)c2)cc1. The molecule has 0 radical (unpaired) electrons. The Hall–Kier alpha value is -3.37. The first-order valence-electron chi connectivity index (χ1n) is 10.8. The largest absolute Gasteiger partial charge is 0.482 e. The van der Waals surface area contributed by atoms with E-state index in [1.807, 2.05) is 0 Å². The van der Waals surface area contributed by atoms with Gasteiger partial charge in [0, 0.05) is 6.04 Å². The number of alkyl halides is 3. The summed E-state index contributed by atoms with van der Waals surface area (Å²) in [5.41, 5.74) is 1.50. The van der Waals surface area contributed by atoms with Crippen molar-refractivity contribution in [1.82, 2.24) is 4.72 Å². The molecule has 4 rings (SSSR count). The van der Waals surface area contributed by atoms with Crippen LogP contribution in [0.3, 0.4) is 0 Å². The molecule has 0 saturated heterocycles. The summed E-state index contributed by atoms with van der Waals surface area (Å²) in [4.78, 5) is 10.8. The van der Waals surface area contributed by atoms with Gasteiger partial charge in [-0.05, 0) is 71.8 Å². The second-order valence-corrected chi connectivity index (χ2v) is 9.89. The lowest BCUT2D eigenvalue weighted by Crippen LogP contribution is -2.31. The van der Waals surface area contributed by atoms with E-state index in [9.17, 15) is 26.4 Å². The summed E-state index contributed by atoms with van der Waals surface area (Å²) in [5.74, 6) is -0.691. The number of rotatable bonds is 7. The van der Waals surface area contributed by atoms with E-state index in [1.54, 1.807) is 18.2 Å². The highest BCUT2D eigenvalue weighted by atomic mass is 32.2. The zero-order valence-corrected chi connectivity index (χ0v) is 19.2. The summed E-state index contributed by atoms with van der Waals surface area (Å²) in [6, 6.07) is 15.1. The summed E-state index contributed by atoms with van der Waals surface area (Å²) >= 11 is 0. The first-order chi connectivity index (χ1) is 16.5. The lowest BCUT2D eigenvalue weighted by atomic mass is 9.87. The molecule has 0 spiro atoms. The van der Waals surface area contributed by atoms with Crippen molar-refractivity contribution in [3.05, 3.63) is 83.4 Å². The predicted molar refractivity (Wildman–Crippen MR) is 122 cm³/mol. The normalized spacial score (nSPS) is 15.9. The number of benzene rings is 3. The molecule has 2 N–H and O–H groups in total. The van der Waals surface area contributed by atoms with Gasteiger partial charge in [-0.15, -0.1) is 0 Å². The van der Waals surface area contributed by atoms with E-state index in [4.69, 9.17) is 9.84 Å². The third-order valence-corrected chi connectivity index (χ3v) is 7.29. The maximum Gasteiger partial charge on any atom is 0.416 e. The zero-order chi connectivity index (χ0) is 25.2. The van der Waals surface area contributed by atoms with Crippen LogP contribution >= 0.6 is 0 Å². The highest BCUT2D eigenvalue weighted by molar-refractivity contribution is 7.89. The van der Waals surface area contributed by atoms with E-state index in [0.29, 0.717) is 36.1 Å². The number of fused-ring (bicyclic) bond motifs is 1. The van der Waals surface area contributed by atoms with Gasteiger partial charge in [-0.3, -0.25) is 0 Å². The molecule has 0 amide bonds. The molecular formula is C25H22F3NO5S. The molecule has 3 aromatic carbocycles. The average molecular weight is 506 g/mol. The lowest BCUT2D eigenvalue weighted by Gasteiger charge is -2.27. The number of hydrogen-bond donors (Lipinski definition) is 2. The van der Waals surface area contributed by atoms with Crippen molar-refractivity contribution in [1.29, 1.82) is 0 Å². The first kappa shape index (κ1) is 24.7. The summed E-state index contributed by atoms with van der Waals surface area (Å²) < 4.78 is 73.3. The fourth-order valence-corrected chi connectivity index (χ4v) is 5.42. The van der Waals surface area contributed by atoms with Crippen LogP contribution in [0, 0.1) is 0 Å². The Bertz CT molecular complexity index is 1340. The Morgan fingerprint density at radius 3 is 2.43 bits per heavy atom. The standard InChI is InChI=1S/C25H22F3NO5S/c26-25(27,28)18-5-1-4-17(14-18)16-10-12-19(13-11-16)35(32,33)29-22-8-2-7-21-20(22)6-3-9-23(21)34-15-24(30)31/h1,3-6,9-14,22,29H,2,7-8,15H2,(H,30,31). The maximum atomic E-state index is 13.1. The van der Waals surface area contributed by atoms with E-state index in [1.165, 1.54) is 36.4 Å². The minimum Gasteiger partial charge on any atom is -0.482 e. The Morgan fingerprint density at radius 1 is 1.03 bits per heavy atom. The Kier molecular flexibility index (Phi) is 6.86. The third-order valence-electron chi connectivity index (χ3n) is 5.80. The van der Waals surface area contributed by atoms with Crippen LogP contribution in [0.15, 0.2) is 71.6 Å². The molecule has 0 fully saturated rings. The number of aliphatic carboxylic acids is 1. The van der Waals surface area contributed by atoms with Gasteiger partial charge in [-0.2, -0.15) is 13.2 Å².